The minimum absolute atomic E-state index is 0.0428. The van der Waals surface area contributed by atoms with E-state index in [9.17, 15) is 14.4 Å². The highest BCUT2D eigenvalue weighted by Crippen LogP contribution is 2.17. The average Bonchev–Trinajstić information content (AvgIpc) is 2.43. The molecule has 3 amide bonds. The standard InChI is InChI=1S/C11H19N3O5/c1-12-9(16)7-2-4-14(5-3-7)11(19)13-8(6-15)10(17)18/h7-8,15H,2-6H2,1H3,(H,12,16)(H,13,19)(H,17,18)/t8-/m1/s1. The maximum atomic E-state index is 11.8. The van der Waals surface area contributed by atoms with Crippen molar-refractivity contribution in [2.24, 2.45) is 5.92 Å². The largest absolute Gasteiger partial charge is 0.480 e. The molecule has 0 aliphatic carbocycles. The Bertz CT molecular complexity index is 352. The number of carbonyl (C=O) groups is 3. The van der Waals surface area contributed by atoms with E-state index in [1.165, 1.54) is 4.90 Å². The number of hydrogen-bond acceptors (Lipinski definition) is 4. The zero-order valence-electron chi connectivity index (χ0n) is 10.8. The zero-order chi connectivity index (χ0) is 14.4. The average molecular weight is 273 g/mol. The topological polar surface area (TPSA) is 119 Å². The molecule has 1 rings (SSSR count). The second-order valence-corrected chi connectivity index (χ2v) is 4.40. The number of aliphatic hydroxyl groups is 1. The Morgan fingerprint density at radius 2 is 1.89 bits per heavy atom. The molecule has 1 heterocycles. The summed E-state index contributed by atoms with van der Waals surface area (Å²) < 4.78 is 0. The van der Waals surface area contributed by atoms with Gasteiger partial charge in [-0.25, -0.2) is 9.59 Å². The lowest BCUT2D eigenvalue weighted by atomic mass is 9.96. The molecule has 0 aromatic rings. The molecule has 4 N–H and O–H groups in total. The predicted octanol–water partition coefficient (Wildman–Crippen LogP) is -1.40. The van der Waals surface area contributed by atoms with Crippen LogP contribution in [-0.4, -0.2) is 65.8 Å². The first-order valence-corrected chi connectivity index (χ1v) is 6.10. The highest BCUT2D eigenvalue weighted by molar-refractivity contribution is 5.83. The van der Waals surface area contributed by atoms with Gasteiger partial charge in [0.05, 0.1) is 6.61 Å². The number of rotatable bonds is 4. The third kappa shape index (κ3) is 4.09. The maximum absolute atomic E-state index is 11.8. The summed E-state index contributed by atoms with van der Waals surface area (Å²) >= 11 is 0. The van der Waals surface area contributed by atoms with Crippen LogP contribution in [0, 0.1) is 5.92 Å². The smallest absolute Gasteiger partial charge is 0.328 e. The lowest BCUT2D eigenvalue weighted by Crippen LogP contribution is -2.52. The fourth-order valence-corrected chi connectivity index (χ4v) is 1.97. The van der Waals surface area contributed by atoms with Crippen molar-refractivity contribution in [3.05, 3.63) is 0 Å². The van der Waals surface area contributed by atoms with Crippen molar-refractivity contribution in [2.45, 2.75) is 18.9 Å². The Morgan fingerprint density at radius 3 is 2.32 bits per heavy atom. The summed E-state index contributed by atoms with van der Waals surface area (Å²) in [5.41, 5.74) is 0. The summed E-state index contributed by atoms with van der Waals surface area (Å²) in [6.45, 7) is 0.124. The number of aliphatic carboxylic acids is 1. The van der Waals surface area contributed by atoms with E-state index in [0.29, 0.717) is 25.9 Å². The van der Waals surface area contributed by atoms with Crippen LogP contribution in [0.5, 0.6) is 0 Å². The molecule has 8 nitrogen and oxygen atoms in total. The second kappa shape index (κ2) is 6.93. The van der Waals surface area contributed by atoms with Crippen LogP contribution in [0.4, 0.5) is 4.79 Å². The molecular weight excluding hydrogens is 254 g/mol. The van der Waals surface area contributed by atoms with Gasteiger partial charge in [0.25, 0.3) is 0 Å². The van der Waals surface area contributed by atoms with Gasteiger partial charge < -0.3 is 25.7 Å². The van der Waals surface area contributed by atoms with Gasteiger partial charge in [-0.3, -0.25) is 4.79 Å². The van der Waals surface area contributed by atoms with Gasteiger partial charge in [0.2, 0.25) is 5.91 Å². The quantitative estimate of drug-likeness (QED) is 0.502. The number of carboxylic acids is 1. The second-order valence-electron chi connectivity index (χ2n) is 4.40. The molecule has 0 spiro atoms. The third-order valence-corrected chi connectivity index (χ3v) is 3.18. The van der Waals surface area contributed by atoms with Gasteiger partial charge in [0, 0.05) is 26.1 Å². The van der Waals surface area contributed by atoms with Gasteiger partial charge in [-0.15, -0.1) is 0 Å². The van der Waals surface area contributed by atoms with Crippen molar-refractivity contribution in [1.29, 1.82) is 0 Å². The number of nitrogens with zero attached hydrogens (tertiary/aromatic N) is 1. The van der Waals surface area contributed by atoms with E-state index in [0.717, 1.165) is 0 Å². The van der Waals surface area contributed by atoms with Crippen molar-refractivity contribution in [1.82, 2.24) is 15.5 Å². The van der Waals surface area contributed by atoms with E-state index in [2.05, 4.69) is 10.6 Å². The van der Waals surface area contributed by atoms with E-state index in [1.807, 2.05) is 0 Å². The minimum Gasteiger partial charge on any atom is -0.480 e. The van der Waals surface area contributed by atoms with Crippen molar-refractivity contribution in [2.75, 3.05) is 26.7 Å². The number of urea groups is 1. The molecule has 1 atom stereocenters. The fraction of sp³-hybridized carbons (Fsp3) is 0.727. The number of aliphatic hydroxyl groups excluding tert-OH is 1. The first-order chi connectivity index (χ1) is 8.99. The van der Waals surface area contributed by atoms with Gasteiger partial charge in [0.15, 0.2) is 6.04 Å². The van der Waals surface area contributed by atoms with Gasteiger partial charge >= 0.3 is 12.0 Å². The number of likely N-dealkylation sites (tertiary alicyclic amines) is 1. The molecule has 0 saturated carbocycles. The summed E-state index contributed by atoms with van der Waals surface area (Å²) in [5.74, 6) is -1.43. The molecule has 8 heteroatoms. The molecule has 0 aromatic heterocycles. The van der Waals surface area contributed by atoms with E-state index in [-0.39, 0.29) is 11.8 Å². The summed E-state index contributed by atoms with van der Waals surface area (Å²) in [7, 11) is 1.57. The van der Waals surface area contributed by atoms with Gasteiger partial charge in [-0.2, -0.15) is 0 Å². The molecular formula is C11H19N3O5. The van der Waals surface area contributed by atoms with E-state index >= 15 is 0 Å². The van der Waals surface area contributed by atoms with Crippen LogP contribution in [0.1, 0.15) is 12.8 Å². The van der Waals surface area contributed by atoms with Crippen LogP contribution in [0.2, 0.25) is 0 Å². The van der Waals surface area contributed by atoms with Gasteiger partial charge in [-0.1, -0.05) is 0 Å². The Morgan fingerprint density at radius 1 is 1.32 bits per heavy atom. The van der Waals surface area contributed by atoms with Crippen LogP contribution < -0.4 is 10.6 Å². The summed E-state index contributed by atoms with van der Waals surface area (Å²) in [4.78, 5) is 35.3. The van der Waals surface area contributed by atoms with Crippen LogP contribution in [0.3, 0.4) is 0 Å². The van der Waals surface area contributed by atoms with Crippen molar-refractivity contribution in [3.63, 3.8) is 0 Å². The van der Waals surface area contributed by atoms with Crippen molar-refractivity contribution >= 4 is 17.9 Å². The predicted molar refractivity (Wildman–Crippen MR) is 65.4 cm³/mol. The number of carboxylic acid groups (broad SMARTS) is 1. The molecule has 0 aromatic carbocycles. The lowest BCUT2D eigenvalue weighted by molar-refractivity contribution is -0.140. The first kappa shape index (κ1) is 15.2. The van der Waals surface area contributed by atoms with Gasteiger partial charge in [0.1, 0.15) is 0 Å². The summed E-state index contributed by atoms with van der Waals surface area (Å²) in [6.07, 6.45) is 1.09. The number of piperidine rings is 1. The number of amides is 3. The van der Waals surface area contributed by atoms with Crippen LogP contribution in [-0.2, 0) is 9.59 Å². The molecule has 1 saturated heterocycles. The molecule has 1 fully saturated rings. The van der Waals surface area contributed by atoms with Crippen LogP contribution in [0.25, 0.3) is 0 Å². The molecule has 1 aliphatic rings. The molecule has 0 bridgehead atoms. The Labute approximate surface area is 110 Å². The highest BCUT2D eigenvalue weighted by Gasteiger charge is 2.28. The Balaban J connectivity index is 2.44. The van der Waals surface area contributed by atoms with Gasteiger partial charge in [-0.05, 0) is 12.8 Å². The first-order valence-electron chi connectivity index (χ1n) is 6.10. The van der Waals surface area contributed by atoms with Crippen LogP contribution >= 0.6 is 0 Å². The van der Waals surface area contributed by atoms with Crippen molar-refractivity contribution in [3.8, 4) is 0 Å². The molecule has 0 unspecified atom stereocenters. The Kier molecular flexibility index (Phi) is 5.56. The molecule has 1 aliphatic heterocycles. The molecule has 19 heavy (non-hydrogen) atoms. The maximum Gasteiger partial charge on any atom is 0.328 e. The highest BCUT2D eigenvalue weighted by atomic mass is 16.4. The monoisotopic (exact) mass is 273 g/mol. The normalized spacial score (nSPS) is 17.7. The summed E-state index contributed by atoms with van der Waals surface area (Å²) in [6, 6.07) is -1.83. The van der Waals surface area contributed by atoms with Crippen molar-refractivity contribution < 1.29 is 24.6 Å². The zero-order valence-corrected chi connectivity index (χ0v) is 10.8. The van der Waals surface area contributed by atoms with E-state index in [4.69, 9.17) is 10.2 Å². The summed E-state index contributed by atoms with van der Waals surface area (Å²) in [5, 5.41) is 22.3. The fourth-order valence-electron chi connectivity index (χ4n) is 1.97. The minimum atomic E-state index is -1.30. The van der Waals surface area contributed by atoms with Crippen LogP contribution in [0.15, 0.2) is 0 Å². The number of hydrogen-bond donors (Lipinski definition) is 4. The Hall–Kier alpha value is -1.83. The third-order valence-electron chi connectivity index (χ3n) is 3.18. The lowest BCUT2D eigenvalue weighted by Gasteiger charge is -2.31. The number of nitrogens with one attached hydrogen (secondary N) is 2. The SMILES string of the molecule is CNC(=O)C1CCN(C(=O)N[C@H](CO)C(=O)O)CC1. The molecule has 108 valence electrons. The van der Waals surface area contributed by atoms with E-state index < -0.39 is 24.6 Å². The number of carbonyl (C=O) groups excluding carboxylic acids is 2. The van der Waals surface area contributed by atoms with E-state index in [1.54, 1.807) is 7.05 Å². The molecule has 0 radical (unpaired) electrons.